The van der Waals surface area contributed by atoms with Gasteiger partial charge in [-0.05, 0) is 25.1 Å². The van der Waals surface area contributed by atoms with E-state index in [1.54, 1.807) is 12.1 Å². The third-order valence-corrected chi connectivity index (χ3v) is 2.37. The van der Waals surface area contributed by atoms with Crippen molar-refractivity contribution in [2.45, 2.75) is 19.4 Å². The van der Waals surface area contributed by atoms with Crippen molar-refractivity contribution in [2.75, 3.05) is 13.2 Å². The van der Waals surface area contributed by atoms with Gasteiger partial charge in [-0.1, -0.05) is 6.07 Å². The fraction of sp³-hybridized carbons (Fsp3) is 0.357. The fourth-order valence-corrected chi connectivity index (χ4v) is 1.44. The minimum Gasteiger partial charge on any atom is -0.492 e. The first-order valence-corrected chi connectivity index (χ1v) is 5.76. The number of carboxylic acids is 1. The molecule has 0 aliphatic carbocycles. The Morgan fingerprint density at radius 1 is 1.61 bits per heavy atom. The van der Waals surface area contributed by atoms with E-state index in [0.717, 1.165) is 0 Å². The Hall–Kier alpha value is -1.99. The summed E-state index contributed by atoms with van der Waals surface area (Å²) in [5.41, 5.74) is 0.223. The first-order chi connectivity index (χ1) is 8.63. The molecule has 0 saturated heterocycles. The Balaban J connectivity index is 2.33. The highest BCUT2D eigenvalue weighted by Crippen LogP contribution is 2.12. The molecule has 0 aromatic heterocycles. The summed E-state index contributed by atoms with van der Waals surface area (Å²) in [7, 11) is 0. The molecule has 0 spiro atoms. The van der Waals surface area contributed by atoms with Gasteiger partial charge in [0.2, 0.25) is 0 Å². The van der Waals surface area contributed by atoms with Crippen LogP contribution in [0, 0.1) is 12.3 Å². The number of ether oxygens (including phenoxy) is 1. The number of carboxylic acid groups (broad SMARTS) is 1. The number of carbonyl (C=O) groups is 1. The topological polar surface area (TPSA) is 58.6 Å². The van der Waals surface area contributed by atoms with E-state index in [-0.39, 0.29) is 11.6 Å². The number of hydrogen-bond acceptors (Lipinski definition) is 3. The maximum Gasteiger partial charge on any atom is 0.335 e. The Morgan fingerprint density at radius 3 is 3.06 bits per heavy atom. The molecule has 4 heteroatoms. The van der Waals surface area contributed by atoms with Gasteiger partial charge in [-0.15, -0.1) is 12.3 Å². The molecule has 0 aliphatic heterocycles. The van der Waals surface area contributed by atoms with Crippen molar-refractivity contribution in [3.05, 3.63) is 29.8 Å². The lowest BCUT2D eigenvalue weighted by molar-refractivity contribution is 0.0696. The summed E-state index contributed by atoms with van der Waals surface area (Å²) in [4.78, 5) is 10.8. The first-order valence-electron chi connectivity index (χ1n) is 5.76. The summed E-state index contributed by atoms with van der Waals surface area (Å²) in [5.74, 6) is 2.18. The number of nitrogens with one attached hydrogen (secondary N) is 1. The van der Waals surface area contributed by atoms with Crippen LogP contribution in [0.3, 0.4) is 0 Å². The molecule has 1 aromatic carbocycles. The van der Waals surface area contributed by atoms with Crippen molar-refractivity contribution in [3.63, 3.8) is 0 Å². The molecule has 1 rings (SSSR count). The minimum absolute atomic E-state index is 0.223. The van der Waals surface area contributed by atoms with Crippen molar-refractivity contribution in [3.8, 4) is 18.1 Å². The number of terminal acetylenes is 1. The number of benzene rings is 1. The molecule has 0 fully saturated rings. The Labute approximate surface area is 107 Å². The van der Waals surface area contributed by atoms with Gasteiger partial charge in [0.05, 0.1) is 5.56 Å². The van der Waals surface area contributed by atoms with Crippen LogP contribution in [-0.4, -0.2) is 30.3 Å². The largest absolute Gasteiger partial charge is 0.492 e. The molecule has 0 heterocycles. The summed E-state index contributed by atoms with van der Waals surface area (Å²) in [5, 5.41) is 12.0. The highest BCUT2D eigenvalue weighted by Gasteiger charge is 2.03. The molecular formula is C14H17NO3. The lowest BCUT2D eigenvalue weighted by Gasteiger charge is -2.11. The van der Waals surface area contributed by atoms with Crippen LogP contribution in [-0.2, 0) is 0 Å². The van der Waals surface area contributed by atoms with Crippen LogP contribution >= 0.6 is 0 Å². The predicted molar refractivity (Wildman–Crippen MR) is 69.8 cm³/mol. The van der Waals surface area contributed by atoms with E-state index in [1.165, 1.54) is 12.1 Å². The van der Waals surface area contributed by atoms with Crippen LogP contribution < -0.4 is 10.1 Å². The molecule has 0 saturated carbocycles. The van der Waals surface area contributed by atoms with Gasteiger partial charge in [-0.3, -0.25) is 0 Å². The highest BCUT2D eigenvalue weighted by molar-refractivity contribution is 5.87. The first kappa shape index (κ1) is 14.1. The molecular weight excluding hydrogens is 230 g/mol. The zero-order chi connectivity index (χ0) is 13.4. The molecule has 1 aromatic rings. The van der Waals surface area contributed by atoms with E-state index in [0.29, 0.717) is 25.3 Å². The predicted octanol–water partition coefficient (Wildman–Crippen LogP) is 1.77. The normalized spacial score (nSPS) is 11.6. The molecule has 1 atom stereocenters. The van der Waals surface area contributed by atoms with Gasteiger partial charge in [-0.25, -0.2) is 4.79 Å². The van der Waals surface area contributed by atoms with Gasteiger partial charge >= 0.3 is 5.97 Å². The van der Waals surface area contributed by atoms with Gasteiger partial charge in [0.1, 0.15) is 12.4 Å². The van der Waals surface area contributed by atoms with Gasteiger partial charge in [0.15, 0.2) is 0 Å². The molecule has 0 radical (unpaired) electrons. The van der Waals surface area contributed by atoms with Gasteiger partial charge in [0.25, 0.3) is 0 Å². The monoisotopic (exact) mass is 247 g/mol. The summed E-state index contributed by atoms with van der Waals surface area (Å²) in [6.45, 7) is 3.14. The smallest absolute Gasteiger partial charge is 0.335 e. The van der Waals surface area contributed by atoms with E-state index in [2.05, 4.69) is 11.2 Å². The summed E-state index contributed by atoms with van der Waals surface area (Å²) >= 11 is 0. The number of aromatic carboxylic acids is 1. The van der Waals surface area contributed by atoms with Gasteiger partial charge < -0.3 is 15.2 Å². The second-order valence-corrected chi connectivity index (χ2v) is 3.94. The molecule has 2 N–H and O–H groups in total. The van der Waals surface area contributed by atoms with Crippen LogP contribution in [0.15, 0.2) is 24.3 Å². The van der Waals surface area contributed by atoms with Crippen LogP contribution in [0.5, 0.6) is 5.75 Å². The zero-order valence-electron chi connectivity index (χ0n) is 10.3. The lowest BCUT2D eigenvalue weighted by Crippen LogP contribution is -2.29. The lowest BCUT2D eigenvalue weighted by atomic mass is 10.2. The van der Waals surface area contributed by atoms with E-state index in [9.17, 15) is 4.79 Å². The molecule has 0 aliphatic rings. The van der Waals surface area contributed by atoms with Gasteiger partial charge in [-0.2, -0.15) is 0 Å². The van der Waals surface area contributed by atoms with Crippen molar-refractivity contribution in [1.29, 1.82) is 0 Å². The van der Waals surface area contributed by atoms with E-state index in [1.807, 2.05) is 6.92 Å². The molecule has 18 heavy (non-hydrogen) atoms. The minimum atomic E-state index is -0.957. The number of rotatable bonds is 7. The van der Waals surface area contributed by atoms with E-state index < -0.39 is 5.97 Å². The SMILES string of the molecule is C#CCC(C)NCCOc1cccc(C(=O)O)c1. The van der Waals surface area contributed by atoms with Crippen LogP contribution in [0.25, 0.3) is 0 Å². The van der Waals surface area contributed by atoms with E-state index in [4.69, 9.17) is 16.3 Å². The van der Waals surface area contributed by atoms with Crippen LogP contribution in [0.2, 0.25) is 0 Å². The average Bonchev–Trinajstić information content (AvgIpc) is 2.35. The van der Waals surface area contributed by atoms with Gasteiger partial charge in [0, 0.05) is 19.0 Å². The Morgan fingerprint density at radius 2 is 2.39 bits per heavy atom. The summed E-state index contributed by atoms with van der Waals surface area (Å²) < 4.78 is 5.45. The van der Waals surface area contributed by atoms with Crippen molar-refractivity contribution in [2.24, 2.45) is 0 Å². The molecule has 4 nitrogen and oxygen atoms in total. The zero-order valence-corrected chi connectivity index (χ0v) is 10.3. The highest BCUT2D eigenvalue weighted by atomic mass is 16.5. The second-order valence-electron chi connectivity index (χ2n) is 3.94. The summed E-state index contributed by atoms with van der Waals surface area (Å²) in [6.07, 6.45) is 5.87. The molecule has 0 bridgehead atoms. The van der Waals surface area contributed by atoms with Crippen molar-refractivity contribution < 1.29 is 14.6 Å². The molecule has 1 unspecified atom stereocenters. The maximum atomic E-state index is 10.8. The maximum absolute atomic E-state index is 10.8. The Bertz CT molecular complexity index is 437. The standard InChI is InChI=1S/C14H17NO3/c1-3-5-11(2)15-8-9-18-13-7-4-6-12(10-13)14(16)17/h1,4,6-7,10-11,15H,5,8-9H2,2H3,(H,16,17). The van der Waals surface area contributed by atoms with Crippen LogP contribution in [0.4, 0.5) is 0 Å². The van der Waals surface area contributed by atoms with Crippen LogP contribution in [0.1, 0.15) is 23.7 Å². The van der Waals surface area contributed by atoms with Crippen molar-refractivity contribution >= 4 is 5.97 Å². The quantitative estimate of drug-likeness (QED) is 0.569. The third-order valence-electron chi connectivity index (χ3n) is 2.37. The second kappa shape index (κ2) is 7.36. The molecule has 96 valence electrons. The van der Waals surface area contributed by atoms with Crippen molar-refractivity contribution in [1.82, 2.24) is 5.32 Å². The van der Waals surface area contributed by atoms with E-state index >= 15 is 0 Å². The fourth-order valence-electron chi connectivity index (χ4n) is 1.44. The third kappa shape index (κ3) is 4.89. The average molecular weight is 247 g/mol. The Kier molecular flexibility index (Phi) is 5.75. The number of hydrogen-bond donors (Lipinski definition) is 2. The summed E-state index contributed by atoms with van der Waals surface area (Å²) in [6, 6.07) is 6.68. The molecule has 0 amide bonds.